The van der Waals surface area contributed by atoms with Crippen molar-refractivity contribution >= 4 is 0 Å². The summed E-state index contributed by atoms with van der Waals surface area (Å²) < 4.78 is 28.1. The van der Waals surface area contributed by atoms with E-state index in [0.29, 0.717) is 12.6 Å². The summed E-state index contributed by atoms with van der Waals surface area (Å²) in [6.07, 6.45) is 0.616. The molecule has 0 heterocycles. The summed E-state index contributed by atoms with van der Waals surface area (Å²) in [6, 6.07) is 0.391. The smallest absolute Gasteiger partial charge is 0.261 e. The molecule has 0 aromatic carbocycles. The number of nitrogens with one attached hydrogen (secondary N) is 1. The molecule has 0 saturated carbocycles. The van der Waals surface area contributed by atoms with E-state index in [0.717, 1.165) is 19.3 Å². The van der Waals surface area contributed by atoms with E-state index in [9.17, 15) is 8.78 Å². The van der Waals surface area contributed by atoms with Crippen molar-refractivity contribution in [2.24, 2.45) is 0 Å². The van der Waals surface area contributed by atoms with E-state index in [1.165, 1.54) is 0 Å². The molecule has 0 aliphatic carbocycles. The fourth-order valence-corrected chi connectivity index (χ4v) is 1.18. The number of alkyl halides is 2. The number of hydrogen-bond acceptors (Lipinski definition) is 2. The highest BCUT2D eigenvalue weighted by Gasteiger charge is 2.06. The van der Waals surface area contributed by atoms with E-state index < -0.39 is 13.0 Å². The maximum Gasteiger partial charge on any atom is 0.261 e. The lowest BCUT2D eigenvalue weighted by Crippen LogP contribution is -2.26. The zero-order valence-electron chi connectivity index (χ0n) is 8.35. The second-order valence-electron chi connectivity index (χ2n) is 3.03. The largest absolute Gasteiger partial charge is 0.375 e. The van der Waals surface area contributed by atoms with Gasteiger partial charge in [0, 0.05) is 12.6 Å². The van der Waals surface area contributed by atoms with Gasteiger partial charge in [-0.25, -0.2) is 8.78 Å². The minimum atomic E-state index is -2.35. The van der Waals surface area contributed by atoms with Crippen molar-refractivity contribution in [3.63, 3.8) is 0 Å². The van der Waals surface area contributed by atoms with E-state index in [4.69, 9.17) is 4.74 Å². The SMILES string of the molecule is CCCC(CCOCC(F)F)NC. The highest BCUT2D eigenvalue weighted by molar-refractivity contribution is 4.62. The van der Waals surface area contributed by atoms with Gasteiger partial charge in [-0.3, -0.25) is 0 Å². The van der Waals surface area contributed by atoms with E-state index in [1.807, 2.05) is 7.05 Å². The summed E-state index contributed by atoms with van der Waals surface area (Å²) in [5.74, 6) is 0. The molecule has 4 heteroatoms. The van der Waals surface area contributed by atoms with Crippen LogP contribution in [0.25, 0.3) is 0 Å². The van der Waals surface area contributed by atoms with Crippen LogP contribution in [0.1, 0.15) is 26.2 Å². The van der Waals surface area contributed by atoms with E-state index in [-0.39, 0.29) is 0 Å². The van der Waals surface area contributed by atoms with Crippen molar-refractivity contribution in [3.05, 3.63) is 0 Å². The highest BCUT2D eigenvalue weighted by Crippen LogP contribution is 2.02. The van der Waals surface area contributed by atoms with Gasteiger partial charge in [-0.2, -0.15) is 0 Å². The van der Waals surface area contributed by atoms with Crippen LogP contribution in [0.15, 0.2) is 0 Å². The zero-order chi connectivity index (χ0) is 10.1. The number of rotatable bonds is 8. The molecule has 1 N–H and O–H groups in total. The standard InChI is InChI=1S/C9H19F2NO/c1-3-4-8(12-2)5-6-13-7-9(10)11/h8-9,12H,3-7H2,1-2H3. The van der Waals surface area contributed by atoms with Gasteiger partial charge in [0.2, 0.25) is 0 Å². The second kappa shape index (κ2) is 8.38. The fourth-order valence-electron chi connectivity index (χ4n) is 1.18. The number of ether oxygens (including phenoxy) is 1. The monoisotopic (exact) mass is 195 g/mol. The Morgan fingerprint density at radius 3 is 2.46 bits per heavy atom. The molecule has 1 unspecified atom stereocenters. The van der Waals surface area contributed by atoms with Gasteiger partial charge in [0.25, 0.3) is 6.43 Å². The number of hydrogen-bond donors (Lipinski definition) is 1. The summed E-state index contributed by atoms with van der Waals surface area (Å²) in [7, 11) is 1.88. The first-order valence-electron chi connectivity index (χ1n) is 4.73. The molecular formula is C9H19F2NO. The maximum absolute atomic E-state index is 11.6. The van der Waals surface area contributed by atoms with Gasteiger partial charge in [-0.15, -0.1) is 0 Å². The Balaban J connectivity index is 3.27. The van der Waals surface area contributed by atoms with Crippen LogP contribution in [-0.2, 0) is 4.74 Å². The third-order valence-electron chi connectivity index (χ3n) is 1.90. The Hall–Kier alpha value is -0.220. The molecule has 0 rings (SSSR count). The first kappa shape index (κ1) is 12.8. The molecule has 0 fully saturated rings. The van der Waals surface area contributed by atoms with Crippen molar-refractivity contribution in [1.29, 1.82) is 0 Å². The van der Waals surface area contributed by atoms with E-state index in [1.54, 1.807) is 0 Å². The average Bonchev–Trinajstić information content (AvgIpc) is 2.10. The Kier molecular flexibility index (Phi) is 8.24. The van der Waals surface area contributed by atoms with E-state index in [2.05, 4.69) is 12.2 Å². The molecule has 0 radical (unpaired) electrons. The second-order valence-corrected chi connectivity index (χ2v) is 3.03. The fraction of sp³-hybridized carbons (Fsp3) is 1.00. The summed E-state index contributed by atoms with van der Waals surface area (Å²) in [5, 5.41) is 3.12. The average molecular weight is 195 g/mol. The minimum Gasteiger partial charge on any atom is -0.375 e. The van der Waals surface area contributed by atoms with Crippen molar-refractivity contribution in [2.45, 2.75) is 38.7 Å². The predicted molar refractivity (Wildman–Crippen MR) is 49.2 cm³/mol. The van der Waals surface area contributed by atoms with Crippen LogP contribution in [0, 0.1) is 0 Å². The normalized spacial score (nSPS) is 13.6. The first-order valence-corrected chi connectivity index (χ1v) is 4.73. The van der Waals surface area contributed by atoms with Gasteiger partial charge in [-0.05, 0) is 19.9 Å². The van der Waals surface area contributed by atoms with Crippen molar-refractivity contribution in [1.82, 2.24) is 5.32 Å². The summed E-state index contributed by atoms with van der Waals surface area (Å²) in [6.45, 7) is 2.07. The molecule has 0 amide bonds. The molecule has 0 aromatic rings. The maximum atomic E-state index is 11.6. The zero-order valence-corrected chi connectivity index (χ0v) is 8.35. The van der Waals surface area contributed by atoms with Crippen molar-refractivity contribution in [2.75, 3.05) is 20.3 Å². The molecule has 13 heavy (non-hydrogen) atoms. The number of halogens is 2. The van der Waals surface area contributed by atoms with Gasteiger partial charge >= 0.3 is 0 Å². The third-order valence-corrected chi connectivity index (χ3v) is 1.90. The van der Waals surface area contributed by atoms with Gasteiger partial charge in [-0.1, -0.05) is 13.3 Å². The molecule has 2 nitrogen and oxygen atoms in total. The van der Waals surface area contributed by atoms with Crippen LogP contribution in [-0.4, -0.2) is 32.7 Å². The molecule has 1 atom stereocenters. The highest BCUT2D eigenvalue weighted by atomic mass is 19.3. The van der Waals surface area contributed by atoms with E-state index >= 15 is 0 Å². The molecule has 0 spiro atoms. The quantitative estimate of drug-likeness (QED) is 0.598. The van der Waals surface area contributed by atoms with Gasteiger partial charge in [0.1, 0.15) is 6.61 Å². The van der Waals surface area contributed by atoms with Crippen LogP contribution in [0.2, 0.25) is 0 Å². The van der Waals surface area contributed by atoms with Crippen molar-refractivity contribution in [3.8, 4) is 0 Å². The van der Waals surface area contributed by atoms with Crippen LogP contribution in [0.4, 0.5) is 8.78 Å². The van der Waals surface area contributed by atoms with Gasteiger partial charge in [0.05, 0.1) is 0 Å². The Morgan fingerprint density at radius 1 is 1.31 bits per heavy atom. The Labute approximate surface area is 78.7 Å². The van der Waals surface area contributed by atoms with Gasteiger partial charge < -0.3 is 10.1 Å². The summed E-state index contributed by atoms with van der Waals surface area (Å²) >= 11 is 0. The lowest BCUT2D eigenvalue weighted by atomic mass is 10.1. The first-order chi connectivity index (χ1) is 6.20. The molecule has 0 aromatic heterocycles. The minimum absolute atomic E-state index is 0.391. The lowest BCUT2D eigenvalue weighted by Gasteiger charge is -2.14. The van der Waals surface area contributed by atoms with Crippen molar-refractivity contribution < 1.29 is 13.5 Å². The molecule has 80 valence electrons. The molecule has 0 aliphatic rings. The Morgan fingerprint density at radius 2 is 2.00 bits per heavy atom. The van der Waals surface area contributed by atoms with Crippen LogP contribution in [0.3, 0.4) is 0 Å². The van der Waals surface area contributed by atoms with Gasteiger partial charge in [0.15, 0.2) is 0 Å². The third kappa shape index (κ3) is 8.12. The topological polar surface area (TPSA) is 21.3 Å². The summed E-state index contributed by atoms with van der Waals surface area (Å²) in [4.78, 5) is 0. The lowest BCUT2D eigenvalue weighted by molar-refractivity contribution is 0.0144. The predicted octanol–water partition coefficient (Wildman–Crippen LogP) is 2.05. The van der Waals surface area contributed by atoms with Crippen LogP contribution >= 0.6 is 0 Å². The molecule has 0 aliphatic heterocycles. The molecular weight excluding hydrogens is 176 g/mol. The van der Waals surface area contributed by atoms with Crippen LogP contribution in [0.5, 0.6) is 0 Å². The molecule has 0 bridgehead atoms. The van der Waals surface area contributed by atoms with Crippen LogP contribution < -0.4 is 5.32 Å². The summed E-state index contributed by atoms with van der Waals surface area (Å²) in [5.41, 5.74) is 0. The molecule has 0 saturated heterocycles. The Bertz CT molecular complexity index is 112.